The third-order valence-electron chi connectivity index (χ3n) is 5.96. The van der Waals surface area contributed by atoms with Crippen molar-refractivity contribution in [1.82, 2.24) is 10.6 Å². The molecule has 0 radical (unpaired) electrons. The molecule has 1 atom stereocenters. The predicted octanol–water partition coefficient (Wildman–Crippen LogP) is 2.82. The van der Waals surface area contributed by atoms with Gasteiger partial charge in [0, 0.05) is 31.9 Å². The second-order valence-corrected chi connectivity index (χ2v) is 7.39. The Labute approximate surface area is 155 Å². The van der Waals surface area contributed by atoms with E-state index < -0.39 is 0 Å². The number of rotatable bonds is 6. The molecular weight excluding hydrogens is 328 g/mol. The van der Waals surface area contributed by atoms with E-state index in [1.165, 1.54) is 25.3 Å². The van der Waals surface area contributed by atoms with E-state index in [1.54, 1.807) is 0 Å². The van der Waals surface area contributed by atoms with E-state index in [0.29, 0.717) is 23.4 Å². The fraction of sp³-hybridized carbons (Fsp3) is 0.524. The van der Waals surface area contributed by atoms with Crippen LogP contribution in [0.4, 0.5) is 0 Å². The zero-order valence-corrected chi connectivity index (χ0v) is 15.3. The summed E-state index contributed by atoms with van der Waals surface area (Å²) in [6.07, 6.45) is 7.21. The highest BCUT2D eigenvalue weighted by atomic mass is 16.5. The molecule has 1 heterocycles. The van der Waals surface area contributed by atoms with Crippen LogP contribution in [0, 0.1) is 11.3 Å². The molecule has 5 heteroatoms. The second-order valence-electron chi connectivity index (χ2n) is 7.39. The molecule has 0 aromatic heterocycles. The van der Waals surface area contributed by atoms with E-state index in [4.69, 9.17) is 4.74 Å². The van der Waals surface area contributed by atoms with E-state index in [1.807, 2.05) is 24.3 Å². The number of hydrogen-bond acceptors (Lipinski definition) is 3. The van der Waals surface area contributed by atoms with Gasteiger partial charge in [0.1, 0.15) is 0 Å². The minimum absolute atomic E-state index is 0.0270. The molecule has 1 saturated carbocycles. The van der Waals surface area contributed by atoms with Crippen molar-refractivity contribution in [3.8, 4) is 0 Å². The molecule has 0 bridgehead atoms. The molecule has 2 amide bonds. The maximum absolute atomic E-state index is 12.5. The van der Waals surface area contributed by atoms with Gasteiger partial charge in [-0.05, 0) is 60.8 Å². The van der Waals surface area contributed by atoms with Gasteiger partial charge in [-0.1, -0.05) is 25.1 Å². The smallest absolute Gasteiger partial charge is 0.251 e. The summed E-state index contributed by atoms with van der Waals surface area (Å²) in [5, 5.41) is 5.85. The van der Waals surface area contributed by atoms with E-state index in [-0.39, 0.29) is 11.8 Å². The third kappa shape index (κ3) is 4.33. The maximum atomic E-state index is 12.5. The van der Waals surface area contributed by atoms with Crippen LogP contribution in [-0.4, -0.2) is 31.6 Å². The topological polar surface area (TPSA) is 67.4 Å². The minimum Gasteiger partial charge on any atom is -0.381 e. The first-order valence-corrected chi connectivity index (χ1v) is 9.48. The molecule has 1 aliphatic heterocycles. The molecule has 5 nitrogen and oxygen atoms in total. The Morgan fingerprint density at radius 1 is 1.15 bits per heavy atom. The zero-order valence-electron chi connectivity index (χ0n) is 15.3. The van der Waals surface area contributed by atoms with E-state index in [0.717, 1.165) is 38.2 Å². The van der Waals surface area contributed by atoms with Crippen molar-refractivity contribution in [1.29, 1.82) is 0 Å². The summed E-state index contributed by atoms with van der Waals surface area (Å²) >= 11 is 0. The number of amides is 2. The predicted molar refractivity (Wildman–Crippen MR) is 101 cm³/mol. The van der Waals surface area contributed by atoms with Crippen LogP contribution in [0.5, 0.6) is 0 Å². The second kappa shape index (κ2) is 8.49. The fourth-order valence-corrected chi connectivity index (χ4v) is 4.32. The van der Waals surface area contributed by atoms with E-state index in [9.17, 15) is 9.59 Å². The van der Waals surface area contributed by atoms with Crippen molar-refractivity contribution in [2.75, 3.05) is 19.8 Å². The zero-order chi connectivity index (χ0) is 18.4. The number of benzene rings is 1. The van der Waals surface area contributed by atoms with Gasteiger partial charge in [-0.2, -0.15) is 0 Å². The van der Waals surface area contributed by atoms with Crippen molar-refractivity contribution in [2.45, 2.75) is 38.6 Å². The van der Waals surface area contributed by atoms with E-state index >= 15 is 0 Å². The average molecular weight is 356 g/mol. The number of carbonyl (C=O) groups excluding carboxylic acids is 2. The Kier molecular flexibility index (Phi) is 6.09. The SMILES string of the molecule is C=CC(=O)NCc1ccc(C(=O)NCC2CCCC23CCOCC3)cc1. The number of nitrogens with one attached hydrogen (secondary N) is 2. The Bertz CT molecular complexity index is 648. The van der Waals surface area contributed by atoms with Crippen LogP contribution in [0.3, 0.4) is 0 Å². The van der Waals surface area contributed by atoms with Crippen LogP contribution in [0.25, 0.3) is 0 Å². The van der Waals surface area contributed by atoms with Crippen LogP contribution in [0.1, 0.15) is 48.0 Å². The Morgan fingerprint density at radius 3 is 2.58 bits per heavy atom. The van der Waals surface area contributed by atoms with Crippen molar-refractivity contribution in [2.24, 2.45) is 11.3 Å². The van der Waals surface area contributed by atoms with Crippen LogP contribution < -0.4 is 10.6 Å². The largest absolute Gasteiger partial charge is 0.381 e. The summed E-state index contributed by atoms with van der Waals surface area (Å²) in [6, 6.07) is 7.36. The van der Waals surface area contributed by atoms with E-state index in [2.05, 4.69) is 17.2 Å². The normalized spacial score (nSPS) is 21.3. The van der Waals surface area contributed by atoms with Gasteiger partial charge < -0.3 is 15.4 Å². The highest BCUT2D eigenvalue weighted by Gasteiger charge is 2.43. The van der Waals surface area contributed by atoms with Crippen molar-refractivity contribution in [3.63, 3.8) is 0 Å². The first-order chi connectivity index (χ1) is 12.6. The van der Waals surface area contributed by atoms with Gasteiger partial charge in [0.15, 0.2) is 0 Å². The van der Waals surface area contributed by atoms with Crippen LogP contribution >= 0.6 is 0 Å². The molecule has 2 aliphatic rings. The lowest BCUT2D eigenvalue weighted by Gasteiger charge is -2.39. The van der Waals surface area contributed by atoms with Crippen LogP contribution in [0.15, 0.2) is 36.9 Å². The van der Waals surface area contributed by atoms with Crippen molar-refractivity contribution in [3.05, 3.63) is 48.0 Å². The molecule has 26 heavy (non-hydrogen) atoms. The van der Waals surface area contributed by atoms with Crippen LogP contribution in [-0.2, 0) is 16.1 Å². The van der Waals surface area contributed by atoms with Crippen molar-refractivity contribution < 1.29 is 14.3 Å². The third-order valence-corrected chi connectivity index (χ3v) is 5.96. The van der Waals surface area contributed by atoms with Gasteiger partial charge >= 0.3 is 0 Å². The number of carbonyl (C=O) groups is 2. The monoisotopic (exact) mass is 356 g/mol. The summed E-state index contributed by atoms with van der Waals surface area (Å²) in [7, 11) is 0. The van der Waals surface area contributed by atoms with Gasteiger partial charge in [-0.25, -0.2) is 0 Å². The molecular formula is C21H28N2O3. The van der Waals surface area contributed by atoms with Crippen molar-refractivity contribution >= 4 is 11.8 Å². The Balaban J connectivity index is 1.51. The molecule has 1 aliphatic carbocycles. The van der Waals surface area contributed by atoms with Gasteiger partial charge in [0.05, 0.1) is 0 Å². The number of hydrogen-bond donors (Lipinski definition) is 2. The first kappa shape index (κ1) is 18.6. The molecule has 1 unspecified atom stereocenters. The lowest BCUT2D eigenvalue weighted by molar-refractivity contribution is -0.116. The summed E-state index contributed by atoms with van der Waals surface area (Å²) in [4.78, 5) is 23.7. The summed E-state index contributed by atoms with van der Waals surface area (Å²) in [5.41, 5.74) is 1.98. The molecule has 140 valence electrons. The van der Waals surface area contributed by atoms with Gasteiger partial charge in [-0.15, -0.1) is 0 Å². The lowest BCUT2D eigenvalue weighted by Crippen LogP contribution is -2.39. The molecule has 1 saturated heterocycles. The fourth-order valence-electron chi connectivity index (χ4n) is 4.32. The van der Waals surface area contributed by atoms with Gasteiger partial charge in [-0.3, -0.25) is 9.59 Å². The average Bonchev–Trinajstić information content (AvgIpc) is 3.06. The first-order valence-electron chi connectivity index (χ1n) is 9.48. The molecule has 2 N–H and O–H groups in total. The quantitative estimate of drug-likeness (QED) is 0.770. The standard InChI is InChI=1S/C21H28N2O3/c1-2-19(24)22-14-16-5-7-17(8-6-16)20(25)23-15-18-4-3-9-21(18)10-12-26-13-11-21/h2,5-8,18H,1,3-4,9-15H2,(H,22,24)(H,23,25). The summed E-state index contributed by atoms with van der Waals surface area (Å²) in [6.45, 7) is 6.31. The molecule has 1 aromatic carbocycles. The Hall–Kier alpha value is -2.14. The highest BCUT2D eigenvalue weighted by molar-refractivity contribution is 5.94. The van der Waals surface area contributed by atoms with Gasteiger partial charge in [0.25, 0.3) is 5.91 Å². The summed E-state index contributed by atoms with van der Waals surface area (Å²) < 4.78 is 5.53. The lowest BCUT2D eigenvalue weighted by atomic mass is 9.72. The molecule has 1 aromatic rings. The molecule has 3 rings (SSSR count). The van der Waals surface area contributed by atoms with Gasteiger partial charge in [0.2, 0.25) is 5.91 Å². The Morgan fingerprint density at radius 2 is 1.88 bits per heavy atom. The maximum Gasteiger partial charge on any atom is 0.251 e. The number of ether oxygens (including phenoxy) is 1. The summed E-state index contributed by atoms with van der Waals surface area (Å²) in [5.74, 6) is 0.329. The van der Waals surface area contributed by atoms with Crippen LogP contribution in [0.2, 0.25) is 0 Å². The molecule has 2 fully saturated rings. The molecule has 1 spiro atoms. The highest BCUT2D eigenvalue weighted by Crippen LogP contribution is 2.49. The minimum atomic E-state index is -0.203.